The molecule has 6 nitrogen and oxygen atoms in total. The minimum absolute atomic E-state index is 0.0105. The van der Waals surface area contributed by atoms with E-state index in [2.05, 4.69) is 4.98 Å². The van der Waals surface area contributed by atoms with E-state index in [0.717, 1.165) is 12.1 Å². The number of carbonyl (C=O) groups excluding carboxylic acids is 2. The first-order valence-corrected chi connectivity index (χ1v) is 9.84. The quantitative estimate of drug-likeness (QED) is 0.523. The van der Waals surface area contributed by atoms with E-state index in [1.165, 1.54) is 23.4 Å². The minimum atomic E-state index is -4.69. The zero-order valence-electron chi connectivity index (χ0n) is 17.6. The molecule has 0 unspecified atom stereocenters. The number of imidazole rings is 1. The van der Waals surface area contributed by atoms with E-state index in [9.17, 15) is 22.8 Å². The van der Waals surface area contributed by atoms with Crippen molar-refractivity contribution in [2.75, 3.05) is 4.90 Å². The van der Waals surface area contributed by atoms with Gasteiger partial charge in [0.1, 0.15) is 11.9 Å². The number of carbonyl (C=O) groups is 2. The largest absolute Gasteiger partial charge is 0.455 e. The summed E-state index contributed by atoms with van der Waals surface area (Å²) in [5, 5.41) is 0. The molecule has 0 N–H and O–H groups in total. The van der Waals surface area contributed by atoms with E-state index < -0.39 is 34.8 Å². The van der Waals surface area contributed by atoms with Crippen LogP contribution in [0.4, 0.5) is 18.9 Å². The molecular formula is C23H20F3N3O3. The molecule has 32 heavy (non-hydrogen) atoms. The summed E-state index contributed by atoms with van der Waals surface area (Å²) in [6.07, 6.45) is -3.25. The number of aromatic nitrogens is 2. The molecule has 3 aromatic rings. The Morgan fingerprint density at radius 3 is 2.25 bits per heavy atom. The Morgan fingerprint density at radius 1 is 0.969 bits per heavy atom. The molecule has 0 saturated carbocycles. The van der Waals surface area contributed by atoms with Gasteiger partial charge in [-0.3, -0.25) is 9.36 Å². The van der Waals surface area contributed by atoms with Crippen LogP contribution in [0.25, 0.3) is 5.69 Å². The molecule has 4 rings (SSSR count). The van der Waals surface area contributed by atoms with Crippen LogP contribution in [0.3, 0.4) is 0 Å². The van der Waals surface area contributed by atoms with Gasteiger partial charge in [0.05, 0.1) is 34.7 Å². The molecule has 2 heterocycles. The molecular weight excluding hydrogens is 423 g/mol. The second-order valence-electron chi connectivity index (χ2n) is 8.34. The molecule has 0 bridgehead atoms. The number of para-hydroxylation sites is 2. The zero-order chi connectivity index (χ0) is 23.3. The first kappa shape index (κ1) is 21.6. The highest BCUT2D eigenvalue weighted by Crippen LogP contribution is 2.37. The van der Waals surface area contributed by atoms with Crippen molar-refractivity contribution in [1.29, 1.82) is 0 Å². The summed E-state index contributed by atoms with van der Waals surface area (Å²) >= 11 is 0. The number of ether oxygens (including phenoxy) is 1. The van der Waals surface area contributed by atoms with Crippen LogP contribution in [-0.2, 0) is 17.5 Å². The van der Waals surface area contributed by atoms with E-state index in [0.29, 0.717) is 17.1 Å². The van der Waals surface area contributed by atoms with Gasteiger partial charge in [-0.05, 0) is 45.0 Å². The van der Waals surface area contributed by atoms with Gasteiger partial charge in [0.15, 0.2) is 5.69 Å². The van der Waals surface area contributed by atoms with Crippen LogP contribution >= 0.6 is 0 Å². The van der Waals surface area contributed by atoms with Gasteiger partial charge in [0.2, 0.25) is 0 Å². The molecule has 1 aromatic heterocycles. The molecule has 0 saturated heterocycles. The van der Waals surface area contributed by atoms with Crippen molar-refractivity contribution in [1.82, 2.24) is 9.55 Å². The Bertz CT molecular complexity index is 1210. The first-order valence-electron chi connectivity index (χ1n) is 9.84. The summed E-state index contributed by atoms with van der Waals surface area (Å²) in [5.74, 6) is -1.50. The number of anilines is 1. The van der Waals surface area contributed by atoms with Crippen LogP contribution in [0.5, 0.6) is 0 Å². The highest BCUT2D eigenvalue weighted by molar-refractivity contribution is 6.08. The van der Waals surface area contributed by atoms with Crippen molar-refractivity contribution in [2.24, 2.45) is 0 Å². The van der Waals surface area contributed by atoms with E-state index in [1.807, 2.05) is 0 Å². The Kier molecular flexibility index (Phi) is 5.07. The Balaban J connectivity index is 1.81. The number of nitrogens with zero attached hydrogens (tertiary/aromatic N) is 3. The average Bonchev–Trinajstić information content (AvgIpc) is 3.15. The Hall–Kier alpha value is -3.62. The number of hydrogen-bond acceptors (Lipinski definition) is 4. The highest BCUT2D eigenvalue weighted by Gasteiger charge is 2.38. The Labute approximate surface area is 182 Å². The van der Waals surface area contributed by atoms with Gasteiger partial charge in [-0.2, -0.15) is 13.2 Å². The zero-order valence-corrected chi connectivity index (χ0v) is 17.6. The van der Waals surface area contributed by atoms with Crippen molar-refractivity contribution in [3.05, 3.63) is 77.4 Å². The molecule has 0 spiro atoms. The summed E-state index contributed by atoms with van der Waals surface area (Å²) in [5.41, 5.74) is -0.951. The number of hydrogen-bond donors (Lipinski definition) is 0. The van der Waals surface area contributed by atoms with Gasteiger partial charge in [-0.25, -0.2) is 9.78 Å². The highest BCUT2D eigenvalue weighted by atomic mass is 19.4. The fourth-order valence-electron chi connectivity index (χ4n) is 3.60. The molecule has 0 atom stereocenters. The average molecular weight is 443 g/mol. The van der Waals surface area contributed by atoms with Gasteiger partial charge in [-0.1, -0.05) is 24.3 Å². The number of alkyl halides is 3. The van der Waals surface area contributed by atoms with Crippen LogP contribution in [0.15, 0.2) is 54.9 Å². The van der Waals surface area contributed by atoms with Crippen molar-refractivity contribution >= 4 is 17.6 Å². The van der Waals surface area contributed by atoms with Gasteiger partial charge < -0.3 is 9.64 Å². The SMILES string of the molecule is CC(C)(C)OC(=O)c1ncn2c1CN(C(=O)c1ccccc1C(F)(F)F)c1ccccc1-2. The predicted molar refractivity (Wildman–Crippen MR) is 111 cm³/mol. The van der Waals surface area contributed by atoms with Gasteiger partial charge in [0.25, 0.3) is 5.91 Å². The predicted octanol–water partition coefficient (Wildman–Crippen LogP) is 5.01. The van der Waals surface area contributed by atoms with Crippen molar-refractivity contribution in [2.45, 2.75) is 39.1 Å². The van der Waals surface area contributed by atoms with E-state index >= 15 is 0 Å². The normalized spacial score (nSPS) is 13.4. The third-order valence-corrected chi connectivity index (χ3v) is 4.91. The van der Waals surface area contributed by atoms with Crippen LogP contribution < -0.4 is 4.90 Å². The van der Waals surface area contributed by atoms with Crippen LogP contribution in [-0.4, -0.2) is 27.0 Å². The maximum absolute atomic E-state index is 13.5. The van der Waals surface area contributed by atoms with E-state index in [-0.39, 0.29) is 12.2 Å². The maximum atomic E-state index is 13.5. The number of benzene rings is 2. The standard InChI is InChI=1S/C23H20F3N3O3/c1-22(2,3)32-21(31)19-18-12-28(16-10-6-7-11-17(16)29(18)13-27-19)20(30)14-8-4-5-9-15(14)23(24,25)26/h4-11,13H,12H2,1-3H3. The lowest BCUT2D eigenvalue weighted by Crippen LogP contribution is -2.37. The number of amides is 1. The first-order chi connectivity index (χ1) is 15.0. The molecule has 1 aliphatic heterocycles. The fourth-order valence-corrected chi connectivity index (χ4v) is 3.60. The smallest absolute Gasteiger partial charge is 0.417 e. The summed E-state index contributed by atoms with van der Waals surface area (Å²) in [6.45, 7) is 5.00. The van der Waals surface area contributed by atoms with Crippen molar-refractivity contribution < 1.29 is 27.5 Å². The maximum Gasteiger partial charge on any atom is 0.417 e. The van der Waals surface area contributed by atoms with Gasteiger partial charge in [-0.15, -0.1) is 0 Å². The fraction of sp³-hybridized carbons (Fsp3) is 0.261. The molecule has 1 aliphatic rings. The topological polar surface area (TPSA) is 64.4 Å². The lowest BCUT2D eigenvalue weighted by molar-refractivity contribution is -0.137. The van der Waals surface area contributed by atoms with Crippen LogP contribution in [0.1, 0.15) is 52.9 Å². The van der Waals surface area contributed by atoms with E-state index in [1.54, 1.807) is 49.6 Å². The second kappa shape index (κ2) is 7.51. The van der Waals surface area contributed by atoms with Crippen LogP contribution in [0, 0.1) is 0 Å². The molecule has 0 fully saturated rings. The van der Waals surface area contributed by atoms with E-state index in [4.69, 9.17) is 4.74 Å². The lowest BCUT2D eigenvalue weighted by Gasteiger charge is -2.31. The number of esters is 1. The monoisotopic (exact) mass is 443 g/mol. The molecule has 9 heteroatoms. The molecule has 0 aliphatic carbocycles. The summed E-state index contributed by atoms with van der Waals surface area (Å²) < 4.78 is 47.7. The third-order valence-electron chi connectivity index (χ3n) is 4.91. The number of fused-ring (bicyclic) bond motifs is 3. The summed E-state index contributed by atoms with van der Waals surface area (Å²) in [7, 11) is 0. The minimum Gasteiger partial charge on any atom is -0.455 e. The van der Waals surface area contributed by atoms with Crippen LogP contribution in [0.2, 0.25) is 0 Å². The molecule has 0 radical (unpaired) electrons. The summed E-state index contributed by atoms with van der Waals surface area (Å²) in [4.78, 5) is 31.4. The molecule has 166 valence electrons. The lowest BCUT2D eigenvalue weighted by atomic mass is 10.0. The summed E-state index contributed by atoms with van der Waals surface area (Å²) in [6, 6.07) is 11.4. The second-order valence-corrected chi connectivity index (χ2v) is 8.34. The molecule has 1 amide bonds. The third kappa shape index (κ3) is 3.86. The Morgan fingerprint density at radius 2 is 1.59 bits per heavy atom. The van der Waals surface area contributed by atoms with Gasteiger partial charge >= 0.3 is 12.1 Å². The van der Waals surface area contributed by atoms with Gasteiger partial charge in [0, 0.05) is 0 Å². The number of halogens is 3. The molecule has 2 aromatic carbocycles. The number of rotatable bonds is 2. The van der Waals surface area contributed by atoms with Crippen molar-refractivity contribution in [3.63, 3.8) is 0 Å². The van der Waals surface area contributed by atoms with Crippen molar-refractivity contribution in [3.8, 4) is 5.69 Å².